The van der Waals surface area contributed by atoms with Crippen molar-refractivity contribution >= 4 is 12.6 Å². The lowest BCUT2D eigenvalue weighted by molar-refractivity contribution is 0.0680. The quantitative estimate of drug-likeness (QED) is 0.700. The first-order valence-corrected chi connectivity index (χ1v) is 5.46. The highest BCUT2D eigenvalue weighted by atomic mass is 16.5. The maximum Gasteiger partial charge on any atom is 0.488 e. The van der Waals surface area contributed by atoms with Crippen molar-refractivity contribution in [2.75, 3.05) is 13.2 Å². The van der Waals surface area contributed by atoms with Gasteiger partial charge in [-0.15, -0.1) is 0 Å². The van der Waals surface area contributed by atoms with Gasteiger partial charge in [-0.1, -0.05) is 12.1 Å². The van der Waals surface area contributed by atoms with Gasteiger partial charge < -0.3 is 19.5 Å². The molecule has 1 aromatic carbocycles. The zero-order chi connectivity index (χ0) is 11.4. The van der Waals surface area contributed by atoms with Crippen LogP contribution in [0.5, 0.6) is 5.75 Å². The summed E-state index contributed by atoms with van der Waals surface area (Å²) in [6, 6.07) is 6.80. The van der Waals surface area contributed by atoms with Gasteiger partial charge in [0.05, 0.1) is 6.10 Å². The minimum absolute atomic E-state index is 0.169. The average molecular weight is 222 g/mol. The van der Waals surface area contributed by atoms with Gasteiger partial charge >= 0.3 is 7.12 Å². The first-order chi connectivity index (χ1) is 7.75. The summed E-state index contributed by atoms with van der Waals surface area (Å²) in [6.45, 7) is 1.33. The number of hydrogen-bond acceptors (Lipinski definition) is 4. The smallest absolute Gasteiger partial charge is 0.488 e. The van der Waals surface area contributed by atoms with E-state index in [0.29, 0.717) is 17.8 Å². The van der Waals surface area contributed by atoms with E-state index in [4.69, 9.17) is 19.5 Å². The van der Waals surface area contributed by atoms with Crippen LogP contribution >= 0.6 is 0 Å². The second-order valence-corrected chi connectivity index (χ2v) is 3.89. The van der Waals surface area contributed by atoms with Crippen LogP contribution < -0.4 is 10.2 Å². The molecule has 0 bridgehead atoms. The lowest BCUT2D eigenvalue weighted by Gasteiger charge is -2.12. The Balaban J connectivity index is 1.90. The topological polar surface area (TPSA) is 58.9 Å². The Morgan fingerprint density at radius 1 is 1.44 bits per heavy atom. The second kappa shape index (κ2) is 5.34. The van der Waals surface area contributed by atoms with Crippen LogP contribution in [0, 0.1) is 0 Å². The van der Waals surface area contributed by atoms with Gasteiger partial charge in [-0.2, -0.15) is 0 Å². The normalized spacial score (nSPS) is 19.8. The van der Waals surface area contributed by atoms with E-state index in [0.717, 1.165) is 19.4 Å². The molecular formula is C11H15BO4. The van der Waals surface area contributed by atoms with Crippen LogP contribution in [0.3, 0.4) is 0 Å². The molecule has 1 aliphatic rings. The third-order valence-corrected chi connectivity index (χ3v) is 2.62. The first kappa shape index (κ1) is 11.5. The van der Waals surface area contributed by atoms with Crippen molar-refractivity contribution in [1.29, 1.82) is 0 Å². The molecule has 0 radical (unpaired) electrons. The monoisotopic (exact) mass is 222 g/mol. The molecule has 86 valence electrons. The number of hydrogen-bond donors (Lipinski definition) is 2. The molecule has 2 N–H and O–H groups in total. The third-order valence-electron chi connectivity index (χ3n) is 2.62. The molecule has 1 atom stereocenters. The Kier molecular flexibility index (Phi) is 3.82. The van der Waals surface area contributed by atoms with E-state index in [9.17, 15) is 0 Å². The van der Waals surface area contributed by atoms with Crippen molar-refractivity contribution in [2.45, 2.75) is 18.9 Å². The Morgan fingerprint density at radius 3 is 3.00 bits per heavy atom. The van der Waals surface area contributed by atoms with Gasteiger partial charge in [0.2, 0.25) is 0 Å². The summed E-state index contributed by atoms with van der Waals surface area (Å²) in [6.07, 6.45) is 2.29. The molecule has 0 spiro atoms. The largest absolute Gasteiger partial charge is 0.491 e. The molecule has 1 aromatic rings. The lowest BCUT2D eigenvalue weighted by Crippen LogP contribution is -2.29. The Morgan fingerprint density at radius 2 is 2.31 bits per heavy atom. The minimum Gasteiger partial charge on any atom is -0.491 e. The number of benzene rings is 1. The highest BCUT2D eigenvalue weighted by Crippen LogP contribution is 2.14. The fourth-order valence-corrected chi connectivity index (χ4v) is 1.73. The summed E-state index contributed by atoms with van der Waals surface area (Å²) < 4.78 is 11.0. The highest BCUT2D eigenvalue weighted by molar-refractivity contribution is 6.58. The second-order valence-electron chi connectivity index (χ2n) is 3.89. The molecule has 1 aliphatic heterocycles. The standard InChI is InChI=1S/C11H15BO4/c13-12(14)9-3-1-4-10(7-9)16-8-11-5-2-6-15-11/h1,3-4,7,11,13-14H,2,5-6,8H2/t11-/m0/s1. The molecule has 1 heterocycles. The van der Waals surface area contributed by atoms with E-state index in [1.54, 1.807) is 24.3 Å². The Bertz CT molecular complexity index is 337. The number of ether oxygens (including phenoxy) is 2. The fraction of sp³-hybridized carbons (Fsp3) is 0.455. The molecule has 0 unspecified atom stereocenters. The molecule has 1 fully saturated rings. The van der Waals surface area contributed by atoms with Crippen LogP contribution in [0.4, 0.5) is 0 Å². The van der Waals surface area contributed by atoms with Crippen molar-refractivity contribution < 1.29 is 19.5 Å². The highest BCUT2D eigenvalue weighted by Gasteiger charge is 2.16. The molecule has 4 nitrogen and oxygen atoms in total. The van der Waals surface area contributed by atoms with Crippen molar-refractivity contribution in [3.63, 3.8) is 0 Å². The van der Waals surface area contributed by atoms with Crippen LogP contribution in [-0.4, -0.2) is 36.5 Å². The zero-order valence-electron chi connectivity index (χ0n) is 9.00. The molecule has 0 amide bonds. The molecule has 5 heteroatoms. The van der Waals surface area contributed by atoms with Crippen molar-refractivity contribution in [3.8, 4) is 5.75 Å². The summed E-state index contributed by atoms with van der Waals surface area (Å²) in [5.41, 5.74) is 0.435. The van der Waals surface area contributed by atoms with E-state index >= 15 is 0 Å². The molecular weight excluding hydrogens is 207 g/mol. The van der Waals surface area contributed by atoms with E-state index in [-0.39, 0.29) is 6.10 Å². The van der Waals surface area contributed by atoms with E-state index in [1.807, 2.05) is 0 Å². The van der Waals surface area contributed by atoms with Gasteiger partial charge in [0, 0.05) is 6.61 Å². The van der Waals surface area contributed by atoms with Gasteiger partial charge in [-0.05, 0) is 30.4 Å². The van der Waals surface area contributed by atoms with Gasteiger partial charge in [-0.3, -0.25) is 0 Å². The molecule has 0 aromatic heterocycles. The summed E-state index contributed by atoms with van der Waals surface area (Å²) >= 11 is 0. The van der Waals surface area contributed by atoms with E-state index < -0.39 is 7.12 Å². The van der Waals surface area contributed by atoms with Gasteiger partial charge in [0.1, 0.15) is 12.4 Å². The first-order valence-electron chi connectivity index (χ1n) is 5.46. The van der Waals surface area contributed by atoms with E-state index in [1.165, 1.54) is 0 Å². The maximum absolute atomic E-state index is 9.00. The summed E-state index contributed by atoms with van der Waals surface area (Å²) in [5, 5.41) is 18.0. The molecule has 16 heavy (non-hydrogen) atoms. The maximum atomic E-state index is 9.00. The average Bonchev–Trinajstić information content (AvgIpc) is 2.79. The van der Waals surface area contributed by atoms with Crippen LogP contribution in [-0.2, 0) is 4.74 Å². The van der Waals surface area contributed by atoms with Gasteiger partial charge in [0.25, 0.3) is 0 Å². The van der Waals surface area contributed by atoms with Gasteiger partial charge in [-0.25, -0.2) is 0 Å². The van der Waals surface area contributed by atoms with Crippen LogP contribution in [0.1, 0.15) is 12.8 Å². The summed E-state index contributed by atoms with van der Waals surface area (Å²) in [7, 11) is -1.45. The van der Waals surface area contributed by atoms with Gasteiger partial charge in [0.15, 0.2) is 0 Å². The summed E-state index contributed by atoms with van der Waals surface area (Å²) in [5.74, 6) is 0.640. The Hall–Kier alpha value is -1.04. The third kappa shape index (κ3) is 2.98. The molecule has 2 rings (SSSR count). The van der Waals surface area contributed by atoms with Crippen molar-refractivity contribution in [1.82, 2.24) is 0 Å². The van der Waals surface area contributed by atoms with E-state index in [2.05, 4.69) is 0 Å². The fourth-order valence-electron chi connectivity index (χ4n) is 1.73. The predicted octanol–water partition coefficient (Wildman–Crippen LogP) is -0.0758. The number of rotatable bonds is 4. The summed E-state index contributed by atoms with van der Waals surface area (Å²) in [4.78, 5) is 0. The van der Waals surface area contributed by atoms with Crippen molar-refractivity contribution in [2.24, 2.45) is 0 Å². The van der Waals surface area contributed by atoms with Crippen molar-refractivity contribution in [3.05, 3.63) is 24.3 Å². The van der Waals surface area contributed by atoms with Crippen LogP contribution in [0.2, 0.25) is 0 Å². The zero-order valence-corrected chi connectivity index (χ0v) is 9.00. The Labute approximate surface area is 95.0 Å². The van der Waals surface area contributed by atoms with Crippen LogP contribution in [0.25, 0.3) is 0 Å². The predicted molar refractivity (Wildman–Crippen MR) is 60.7 cm³/mol. The molecule has 1 saturated heterocycles. The molecule has 0 saturated carbocycles. The SMILES string of the molecule is OB(O)c1cccc(OC[C@@H]2CCCO2)c1. The van der Waals surface area contributed by atoms with Crippen LogP contribution in [0.15, 0.2) is 24.3 Å². The molecule has 0 aliphatic carbocycles. The minimum atomic E-state index is -1.45. The lowest BCUT2D eigenvalue weighted by atomic mass is 9.80.